The number of carbonyl (C=O) groups excluding carboxylic acids is 1. The molecule has 1 aliphatic rings. The van der Waals surface area contributed by atoms with E-state index in [0.717, 1.165) is 0 Å². The zero-order chi connectivity index (χ0) is 18.0. The summed E-state index contributed by atoms with van der Waals surface area (Å²) in [5.41, 5.74) is -3.25. The minimum absolute atomic E-state index is 0.171. The van der Waals surface area contributed by atoms with Crippen LogP contribution in [-0.2, 0) is 14.3 Å². The Morgan fingerprint density at radius 1 is 1.38 bits per heavy atom. The van der Waals surface area contributed by atoms with Crippen LogP contribution in [0.3, 0.4) is 0 Å². The third-order valence-corrected chi connectivity index (χ3v) is 2.96. The molecule has 1 aliphatic heterocycles. The first kappa shape index (κ1) is 17.7. The lowest BCUT2D eigenvalue weighted by molar-refractivity contribution is -0.204. The first-order valence-electron chi connectivity index (χ1n) is 6.90. The van der Waals surface area contributed by atoms with Gasteiger partial charge in [-0.05, 0) is 19.1 Å². The lowest BCUT2D eigenvalue weighted by Gasteiger charge is -2.31. The molecule has 10 heteroatoms. The predicted octanol–water partition coefficient (Wildman–Crippen LogP) is 1.60. The summed E-state index contributed by atoms with van der Waals surface area (Å²) in [7, 11) is 2.86. The van der Waals surface area contributed by atoms with Gasteiger partial charge in [0.2, 0.25) is 5.90 Å². The Kier molecular flexibility index (Phi) is 4.76. The number of hydrogen-bond acceptors (Lipinski definition) is 7. The van der Waals surface area contributed by atoms with Gasteiger partial charge in [0.1, 0.15) is 0 Å². The van der Waals surface area contributed by atoms with Crippen LogP contribution in [-0.4, -0.2) is 60.3 Å². The first-order valence-corrected chi connectivity index (χ1v) is 6.90. The Morgan fingerprint density at radius 3 is 2.58 bits per heavy atom. The number of aromatic nitrogens is 1. The fourth-order valence-corrected chi connectivity index (χ4v) is 1.81. The minimum Gasteiger partial charge on any atom is -0.462 e. The number of rotatable bonds is 3. The van der Waals surface area contributed by atoms with Gasteiger partial charge in [-0.25, -0.2) is 4.79 Å². The van der Waals surface area contributed by atoms with Crippen LogP contribution in [0.1, 0.15) is 12.5 Å². The van der Waals surface area contributed by atoms with Crippen molar-refractivity contribution in [1.82, 2.24) is 9.88 Å². The fourth-order valence-electron chi connectivity index (χ4n) is 1.81. The van der Waals surface area contributed by atoms with Crippen molar-refractivity contribution in [1.29, 1.82) is 0 Å². The molecule has 1 aromatic rings. The third kappa shape index (κ3) is 3.17. The van der Waals surface area contributed by atoms with E-state index in [2.05, 4.69) is 19.7 Å². The van der Waals surface area contributed by atoms with Gasteiger partial charge in [-0.1, -0.05) is 0 Å². The van der Waals surface area contributed by atoms with Crippen LogP contribution in [0.2, 0.25) is 0 Å². The van der Waals surface area contributed by atoms with Gasteiger partial charge >= 0.3 is 17.8 Å². The highest BCUT2D eigenvalue weighted by Gasteiger charge is 2.65. The molecule has 0 amide bonds. The zero-order valence-corrected chi connectivity index (χ0v) is 13.2. The van der Waals surface area contributed by atoms with Gasteiger partial charge in [-0.3, -0.25) is 4.98 Å². The Hall–Kier alpha value is -2.65. The molecule has 130 valence electrons. The largest absolute Gasteiger partial charge is 0.462 e. The lowest BCUT2D eigenvalue weighted by Crippen LogP contribution is -2.54. The van der Waals surface area contributed by atoms with Gasteiger partial charge in [0, 0.05) is 26.5 Å². The summed E-state index contributed by atoms with van der Waals surface area (Å²) < 4.78 is 50.9. The van der Waals surface area contributed by atoms with E-state index in [1.165, 1.54) is 50.4 Å². The highest BCUT2D eigenvalue weighted by Crippen LogP contribution is 2.39. The van der Waals surface area contributed by atoms with Crippen molar-refractivity contribution >= 4 is 17.9 Å². The number of hydrogen-bond donors (Lipinski definition) is 0. The van der Waals surface area contributed by atoms with Crippen LogP contribution in [0, 0.1) is 0 Å². The van der Waals surface area contributed by atoms with E-state index in [0.29, 0.717) is 0 Å². The third-order valence-electron chi connectivity index (χ3n) is 2.96. The number of alkyl halides is 3. The molecule has 0 aliphatic carbocycles. The van der Waals surface area contributed by atoms with E-state index in [9.17, 15) is 18.0 Å². The van der Waals surface area contributed by atoms with Gasteiger partial charge < -0.3 is 14.4 Å². The Balaban J connectivity index is 2.65. The number of pyridine rings is 1. The molecular formula is C14H15F3N4O3. The highest BCUT2D eigenvalue weighted by atomic mass is 19.4. The van der Waals surface area contributed by atoms with E-state index in [-0.39, 0.29) is 12.2 Å². The second kappa shape index (κ2) is 6.46. The van der Waals surface area contributed by atoms with Gasteiger partial charge in [-0.15, -0.1) is 0 Å². The molecule has 0 N–H and O–H groups in total. The van der Waals surface area contributed by atoms with Crippen molar-refractivity contribution in [3.8, 4) is 0 Å². The topological polar surface area (TPSA) is 76.4 Å². The monoisotopic (exact) mass is 344 g/mol. The molecule has 1 aromatic heterocycles. The van der Waals surface area contributed by atoms with Gasteiger partial charge in [-0.2, -0.15) is 23.2 Å². The average molecular weight is 344 g/mol. The van der Waals surface area contributed by atoms with Crippen LogP contribution >= 0.6 is 0 Å². The van der Waals surface area contributed by atoms with Gasteiger partial charge in [0.05, 0.1) is 12.2 Å². The molecule has 0 fully saturated rings. The summed E-state index contributed by atoms with van der Waals surface area (Å²) in [5.74, 6) is -2.05. The summed E-state index contributed by atoms with van der Waals surface area (Å²) in [6.07, 6.45) is -2.41. The fraction of sp³-hybridized carbons (Fsp3) is 0.429. The van der Waals surface area contributed by atoms with Crippen molar-refractivity contribution < 1.29 is 27.4 Å². The molecule has 0 saturated carbocycles. The molecular weight excluding hydrogens is 329 g/mol. The minimum atomic E-state index is -5.11. The van der Waals surface area contributed by atoms with Crippen molar-refractivity contribution in [3.05, 3.63) is 30.1 Å². The van der Waals surface area contributed by atoms with E-state index in [1.54, 1.807) is 0 Å². The van der Waals surface area contributed by atoms with Gasteiger partial charge in [0.25, 0.3) is 6.02 Å². The molecule has 7 nitrogen and oxygen atoms in total. The summed E-state index contributed by atoms with van der Waals surface area (Å²) in [4.78, 5) is 23.9. The Labute approximate surface area is 135 Å². The number of ether oxygens (including phenoxy) is 2. The Bertz CT molecular complexity index is 674. The maximum absolute atomic E-state index is 13.7. The van der Waals surface area contributed by atoms with Crippen LogP contribution < -0.4 is 0 Å². The van der Waals surface area contributed by atoms with E-state index in [4.69, 9.17) is 4.74 Å². The molecule has 24 heavy (non-hydrogen) atoms. The molecule has 0 spiro atoms. The molecule has 2 heterocycles. The summed E-state index contributed by atoms with van der Waals surface area (Å²) in [6.45, 7) is 1.14. The molecule has 2 rings (SSSR count). The normalized spacial score (nSPS) is 20.6. The SMILES string of the molecule is CCOC(=O)[C@@]1(C(F)(F)F)N=C(c2cccnc2)OC(N(C)C)=N1. The predicted molar refractivity (Wildman–Crippen MR) is 78.4 cm³/mol. The molecule has 0 radical (unpaired) electrons. The smallest absolute Gasteiger partial charge is 0.446 e. The first-order chi connectivity index (χ1) is 11.2. The average Bonchev–Trinajstić information content (AvgIpc) is 2.54. The highest BCUT2D eigenvalue weighted by molar-refractivity contribution is 6.05. The van der Waals surface area contributed by atoms with E-state index in [1.807, 2.05) is 0 Å². The van der Waals surface area contributed by atoms with Crippen LogP contribution in [0.25, 0.3) is 0 Å². The lowest BCUT2D eigenvalue weighted by atomic mass is 10.1. The van der Waals surface area contributed by atoms with Crippen molar-refractivity contribution in [3.63, 3.8) is 0 Å². The summed E-state index contributed by atoms with van der Waals surface area (Å²) >= 11 is 0. The zero-order valence-electron chi connectivity index (χ0n) is 13.2. The second-order valence-electron chi connectivity index (χ2n) is 4.94. The number of nitrogens with zero attached hydrogens (tertiary/aromatic N) is 4. The quantitative estimate of drug-likeness (QED) is 0.779. The second-order valence-corrected chi connectivity index (χ2v) is 4.94. The maximum Gasteiger partial charge on any atom is 0.446 e. The van der Waals surface area contributed by atoms with Crippen LogP contribution in [0.15, 0.2) is 34.5 Å². The summed E-state index contributed by atoms with van der Waals surface area (Å²) in [6, 6.07) is 2.53. The van der Waals surface area contributed by atoms with Crippen molar-refractivity contribution in [2.45, 2.75) is 18.8 Å². The maximum atomic E-state index is 13.7. The number of aliphatic imine (C=N–C) groups is 2. The number of amidine groups is 1. The summed E-state index contributed by atoms with van der Waals surface area (Å²) in [5, 5.41) is 0. The van der Waals surface area contributed by atoms with Gasteiger partial charge in [0.15, 0.2) is 0 Å². The molecule has 0 aromatic carbocycles. The number of halogens is 3. The van der Waals surface area contributed by atoms with Crippen LogP contribution in [0.4, 0.5) is 13.2 Å². The molecule has 0 unspecified atom stereocenters. The number of carbonyl (C=O) groups is 1. The molecule has 1 atom stereocenters. The van der Waals surface area contributed by atoms with E-state index < -0.39 is 29.7 Å². The molecule has 0 bridgehead atoms. The molecule has 0 saturated heterocycles. The van der Waals surface area contributed by atoms with Crippen molar-refractivity contribution in [2.75, 3.05) is 20.7 Å². The standard InChI is InChI=1S/C14H15F3N4O3/c1-4-23-11(22)13(14(15,16)17)19-10(9-6-5-7-18-8-9)24-12(20-13)21(2)3/h5-8H,4H2,1-3H3/t13-/m1/s1. The van der Waals surface area contributed by atoms with E-state index >= 15 is 0 Å². The van der Waals surface area contributed by atoms with Crippen molar-refractivity contribution in [2.24, 2.45) is 9.98 Å². The van der Waals surface area contributed by atoms with Crippen LogP contribution in [0.5, 0.6) is 0 Å². The number of esters is 1. The Morgan fingerprint density at radius 2 is 2.08 bits per heavy atom.